The zero-order valence-electron chi connectivity index (χ0n) is 14.5. The average molecular weight is 364 g/mol. The van der Waals surface area contributed by atoms with Crippen LogP contribution in [-0.2, 0) is 4.74 Å². The highest BCUT2D eigenvalue weighted by Gasteiger charge is 2.26. The van der Waals surface area contributed by atoms with E-state index in [1.807, 2.05) is 7.05 Å². The summed E-state index contributed by atoms with van der Waals surface area (Å²) in [5.41, 5.74) is 0.636. The van der Waals surface area contributed by atoms with Crippen LogP contribution in [0.5, 0.6) is 0 Å². The number of nitrogens with zero attached hydrogens (tertiary/aromatic N) is 2. The first-order valence-electron chi connectivity index (χ1n) is 8.22. The van der Waals surface area contributed by atoms with Gasteiger partial charge in [-0.3, -0.25) is 4.90 Å². The predicted octanol–water partition coefficient (Wildman–Crippen LogP) is 4.05. The van der Waals surface area contributed by atoms with E-state index < -0.39 is 23.5 Å². The van der Waals surface area contributed by atoms with Gasteiger partial charge in [-0.1, -0.05) is 0 Å². The fourth-order valence-electron chi connectivity index (χ4n) is 3.05. The summed E-state index contributed by atoms with van der Waals surface area (Å²) in [5.74, 6) is -2.14. The van der Waals surface area contributed by atoms with E-state index in [4.69, 9.17) is 4.74 Å². The maximum Gasteiger partial charge on any atom is 0.414 e. The molecule has 1 amide bonds. The third-order valence-corrected chi connectivity index (χ3v) is 4.38. The monoisotopic (exact) mass is 364 g/mol. The van der Waals surface area contributed by atoms with Crippen LogP contribution in [0.1, 0.15) is 6.42 Å². The lowest BCUT2D eigenvalue weighted by atomic mass is 10.0. The Morgan fingerprint density at radius 1 is 1.12 bits per heavy atom. The molecule has 4 nitrogen and oxygen atoms in total. The Balaban J connectivity index is 1.90. The molecular weight excluding hydrogens is 345 g/mol. The summed E-state index contributed by atoms with van der Waals surface area (Å²) in [6.45, 7) is 1.48. The molecule has 0 aromatic heterocycles. The molecule has 0 aliphatic carbocycles. The molecule has 138 valence electrons. The molecule has 1 aliphatic heterocycles. The highest BCUT2D eigenvalue weighted by molar-refractivity contribution is 5.93. The molecule has 3 rings (SSSR count). The van der Waals surface area contributed by atoms with Crippen LogP contribution < -0.4 is 4.90 Å². The fraction of sp³-hybridized carbons (Fsp3) is 0.316. The second-order valence-electron chi connectivity index (χ2n) is 6.44. The van der Waals surface area contributed by atoms with Crippen LogP contribution in [0.25, 0.3) is 11.1 Å². The smallest absolute Gasteiger partial charge is 0.414 e. The first kappa shape index (κ1) is 18.3. The first-order valence-corrected chi connectivity index (χ1v) is 8.22. The van der Waals surface area contributed by atoms with Gasteiger partial charge in [0.25, 0.3) is 0 Å². The normalized spacial score (nSPS) is 17.3. The van der Waals surface area contributed by atoms with Crippen LogP contribution in [0.15, 0.2) is 36.4 Å². The minimum absolute atomic E-state index is 0.136. The number of halogens is 3. The number of anilines is 1. The second-order valence-corrected chi connectivity index (χ2v) is 6.44. The number of carbonyl (C=O) groups is 1. The molecule has 1 aliphatic rings. The van der Waals surface area contributed by atoms with Crippen LogP contribution in [0.2, 0.25) is 0 Å². The summed E-state index contributed by atoms with van der Waals surface area (Å²) in [4.78, 5) is 15.7. The number of rotatable bonds is 3. The van der Waals surface area contributed by atoms with Crippen molar-refractivity contribution >= 4 is 11.8 Å². The quantitative estimate of drug-likeness (QED) is 0.824. The minimum Gasteiger partial charge on any atom is -0.444 e. The lowest BCUT2D eigenvalue weighted by Gasteiger charge is -2.23. The molecule has 2 aromatic carbocycles. The van der Waals surface area contributed by atoms with Crippen molar-refractivity contribution in [1.82, 2.24) is 4.90 Å². The van der Waals surface area contributed by atoms with Crippen LogP contribution in [0.3, 0.4) is 0 Å². The summed E-state index contributed by atoms with van der Waals surface area (Å²) in [7, 11) is 3.42. The standard InChI is InChI=1S/C19H19F3N2O2/c1-23-6-5-16(11-23)26-19(25)24(2)18-4-3-13(20)10-17(18)12-7-14(21)9-15(22)8-12/h3-4,7-10,16H,5-6,11H2,1-2H3/t16-/m0/s1. The van der Waals surface area contributed by atoms with E-state index in [1.54, 1.807) is 0 Å². The van der Waals surface area contributed by atoms with E-state index in [9.17, 15) is 18.0 Å². The van der Waals surface area contributed by atoms with Crippen LogP contribution in [-0.4, -0.2) is 44.3 Å². The molecule has 1 saturated heterocycles. The SMILES string of the molecule is CN1CC[C@H](OC(=O)N(C)c2ccc(F)cc2-c2cc(F)cc(F)c2)C1. The maximum atomic E-state index is 13.7. The van der Waals surface area contributed by atoms with E-state index in [0.29, 0.717) is 12.2 Å². The van der Waals surface area contributed by atoms with Gasteiger partial charge in [0.15, 0.2) is 0 Å². The van der Waals surface area contributed by atoms with Gasteiger partial charge in [-0.25, -0.2) is 18.0 Å². The van der Waals surface area contributed by atoms with E-state index in [-0.39, 0.29) is 17.2 Å². The molecular formula is C19H19F3N2O2. The number of hydrogen-bond donors (Lipinski definition) is 0. The Bertz CT molecular complexity index is 808. The number of carbonyl (C=O) groups excluding carboxylic acids is 1. The maximum absolute atomic E-state index is 13.7. The predicted molar refractivity (Wildman–Crippen MR) is 92.5 cm³/mol. The number of hydrogen-bond acceptors (Lipinski definition) is 3. The van der Waals surface area contributed by atoms with Crippen molar-refractivity contribution in [2.45, 2.75) is 12.5 Å². The first-order chi connectivity index (χ1) is 12.3. The molecule has 0 spiro atoms. The summed E-state index contributed by atoms with van der Waals surface area (Å²) in [6, 6.07) is 6.61. The average Bonchev–Trinajstić information content (AvgIpc) is 2.98. The summed E-state index contributed by atoms with van der Waals surface area (Å²) in [5, 5.41) is 0. The van der Waals surface area contributed by atoms with Crippen molar-refractivity contribution < 1.29 is 22.7 Å². The van der Waals surface area contributed by atoms with Crippen molar-refractivity contribution in [1.29, 1.82) is 0 Å². The van der Waals surface area contributed by atoms with Crippen molar-refractivity contribution in [2.24, 2.45) is 0 Å². The number of likely N-dealkylation sites (tertiary alicyclic amines) is 1. The molecule has 1 atom stereocenters. The van der Waals surface area contributed by atoms with Gasteiger partial charge in [-0.05, 0) is 49.4 Å². The van der Waals surface area contributed by atoms with Crippen LogP contribution in [0, 0.1) is 17.5 Å². The largest absolute Gasteiger partial charge is 0.444 e. The van der Waals surface area contributed by atoms with Gasteiger partial charge in [0.1, 0.15) is 23.6 Å². The lowest BCUT2D eigenvalue weighted by Crippen LogP contribution is -2.32. The molecule has 1 fully saturated rings. The minimum atomic E-state index is -0.783. The van der Waals surface area contributed by atoms with Crippen LogP contribution in [0.4, 0.5) is 23.7 Å². The molecule has 0 saturated carbocycles. The van der Waals surface area contributed by atoms with Crippen LogP contribution >= 0.6 is 0 Å². The summed E-state index contributed by atoms with van der Waals surface area (Å²) >= 11 is 0. The molecule has 7 heteroatoms. The Morgan fingerprint density at radius 3 is 2.42 bits per heavy atom. The molecule has 0 radical (unpaired) electrons. The zero-order chi connectivity index (χ0) is 18.8. The highest BCUT2D eigenvalue weighted by Crippen LogP contribution is 2.32. The van der Waals surface area contributed by atoms with E-state index >= 15 is 0 Å². The van der Waals surface area contributed by atoms with E-state index in [1.165, 1.54) is 24.1 Å². The Labute approximate surface area is 149 Å². The Kier molecular flexibility index (Phi) is 5.18. The molecule has 2 aromatic rings. The van der Waals surface area contributed by atoms with Crippen molar-refractivity contribution in [3.05, 3.63) is 53.8 Å². The molecule has 1 heterocycles. The lowest BCUT2D eigenvalue weighted by molar-refractivity contribution is 0.110. The van der Waals surface area contributed by atoms with Crippen molar-refractivity contribution in [3.63, 3.8) is 0 Å². The van der Waals surface area contributed by atoms with Gasteiger partial charge in [-0.2, -0.15) is 0 Å². The van der Waals surface area contributed by atoms with E-state index in [2.05, 4.69) is 4.90 Å². The topological polar surface area (TPSA) is 32.8 Å². The van der Waals surface area contributed by atoms with Gasteiger partial charge in [-0.15, -0.1) is 0 Å². The number of ether oxygens (including phenoxy) is 1. The number of likely N-dealkylation sites (N-methyl/N-ethyl adjacent to an activating group) is 1. The highest BCUT2D eigenvalue weighted by atomic mass is 19.1. The van der Waals surface area contributed by atoms with Crippen molar-refractivity contribution in [3.8, 4) is 11.1 Å². The molecule has 0 N–H and O–H groups in total. The Hall–Kier alpha value is -2.54. The third-order valence-electron chi connectivity index (χ3n) is 4.38. The van der Waals surface area contributed by atoms with E-state index in [0.717, 1.165) is 37.2 Å². The summed E-state index contributed by atoms with van der Waals surface area (Å²) < 4.78 is 46.3. The Morgan fingerprint density at radius 2 is 1.81 bits per heavy atom. The second kappa shape index (κ2) is 7.37. The third kappa shape index (κ3) is 3.99. The number of amides is 1. The van der Waals surface area contributed by atoms with Gasteiger partial charge >= 0.3 is 6.09 Å². The fourth-order valence-corrected chi connectivity index (χ4v) is 3.05. The molecule has 0 unspecified atom stereocenters. The van der Waals surface area contributed by atoms with Gasteiger partial charge < -0.3 is 9.64 Å². The molecule has 26 heavy (non-hydrogen) atoms. The summed E-state index contributed by atoms with van der Waals surface area (Å²) in [6.07, 6.45) is -0.0814. The zero-order valence-corrected chi connectivity index (χ0v) is 14.5. The van der Waals surface area contributed by atoms with Gasteiger partial charge in [0.2, 0.25) is 0 Å². The number of benzene rings is 2. The molecule has 0 bridgehead atoms. The van der Waals surface area contributed by atoms with Gasteiger partial charge in [0.05, 0.1) is 5.69 Å². The van der Waals surface area contributed by atoms with Gasteiger partial charge in [0, 0.05) is 31.8 Å². The van der Waals surface area contributed by atoms with Crippen molar-refractivity contribution in [2.75, 3.05) is 32.1 Å².